The molecule has 2 N–H and O–H groups in total. The van der Waals surface area contributed by atoms with Gasteiger partial charge in [0.15, 0.2) is 0 Å². The van der Waals surface area contributed by atoms with Gasteiger partial charge in [0.1, 0.15) is 12.8 Å². The molecule has 1 atom stereocenters. The molecule has 0 spiro atoms. The summed E-state index contributed by atoms with van der Waals surface area (Å²) in [6.45, 7) is 3.05. The number of aliphatic hydroxyl groups excluding tert-OH is 1. The van der Waals surface area contributed by atoms with Gasteiger partial charge in [0.2, 0.25) is 11.8 Å². The SMILES string of the molecule is O=C(/C=C\C(=O)OCCN1CCCC1O)NCCN1CCCC1=O. The lowest BCUT2D eigenvalue weighted by atomic mass is 10.4. The third-order valence-corrected chi connectivity index (χ3v) is 4.18. The topological polar surface area (TPSA) is 99.2 Å². The molecular formula is C16H25N3O5. The number of aliphatic hydroxyl groups is 1. The maximum atomic E-state index is 11.6. The van der Waals surface area contributed by atoms with Gasteiger partial charge in [-0.05, 0) is 19.3 Å². The molecule has 0 aromatic heterocycles. The molecule has 2 saturated heterocycles. The molecule has 0 radical (unpaired) electrons. The third kappa shape index (κ3) is 5.93. The maximum absolute atomic E-state index is 11.6. The van der Waals surface area contributed by atoms with E-state index in [0.29, 0.717) is 26.1 Å². The minimum Gasteiger partial charge on any atom is -0.461 e. The molecule has 24 heavy (non-hydrogen) atoms. The molecule has 0 aromatic carbocycles. The molecule has 2 rings (SSSR count). The van der Waals surface area contributed by atoms with Crippen molar-refractivity contribution in [2.24, 2.45) is 0 Å². The molecular weight excluding hydrogens is 314 g/mol. The van der Waals surface area contributed by atoms with Gasteiger partial charge in [0.05, 0.1) is 0 Å². The molecule has 0 saturated carbocycles. The smallest absolute Gasteiger partial charge is 0.330 e. The van der Waals surface area contributed by atoms with Crippen LogP contribution in [0.2, 0.25) is 0 Å². The van der Waals surface area contributed by atoms with Crippen LogP contribution in [0, 0.1) is 0 Å². The predicted molar refractivity (Wildman–Crippen MR) is 85.7 cm³/mol. The summed E-state index contributed by atoms with van der Waals surface area (Å²) in [6.07, 6.45) is 4.89. The number of rotatable bonds is 8. The molecule has 0 bridgehead atoms. The number of nitrogens with one attached hydrogen (secondary N) is 1. The second kappa shape index (κ2) is 9.39. The van der Waals surface area contributed by atoms with Crippen molar-refractivity contribution in [3.05, 3.63) is 12.2 Å². The van der Waals surface area contributed by atoms with Crippen molar-refractivity contribution in [3.8, 4) is 0 Å². The molecule has 8 heteroatoms. The van der Waals surface area contributed by atoms with Gasteiger partial charge >= 0.3 is 5.97 Å². The van der Waals surface area contributed by atoms with Crippen LogP contribution in [0.1, 0.15) is 25.7 Å². The van der Waals surface area contributed by atoms with Crippen molar-refractivity contribution in [1.82, 2.24) is 15.1 Å². The number of carbonyl (C=O) groups excluding carboxylic acids is 3. The Morgan fingerprint density at radius 1 is 1.25 bits per heavy atom. The highest BCUT2D eigenvalue weighted by Crippen LogP contribution is 2.13. The zero-order valence-corrected chi connectivity index (χ0v) is 13.8. The normalized spacial score (nSPS) is 21.6. The Bertz CT molecular complexity index is 494. The van der Waals surface area contributed by atoms with E-state index in [-0.39, 0.29) is 12.5 Å². The lowest BCUT2D eigenvalue weighted by Crippen LogP contribution is -2.35. The van der Waals surface area contributed by atoms with Crippen LogP contribution in [0.3, 0.4) is 0 Å². The molecule has 0 aromatic rings. The van der Waals surface area contributed by atoms with Gasteiger partial charge in [-0.1, -0.05) is 0 Å². The Balaban J connectivity index is 1.55. The van der Waals surface area contributed by atoms with Gasteiger partial charge < -0.3 is 20.1 Å². The van der Waals surface area contributed by atoms with Crippen LogP contribution in [0.25, 0.3) is 0 Å². The van der Waals surface area contributed by atoms with E-state index in [2.05, 4.69) is 5.32 Å². The maximum Gasteiger partial charge on any atom is 0.330 e. The van der Waals surface area contributed by atoms with E-state index < -0.39 is 18.1 Å². The molecule has 2 aliphatic heterocycles. The van der Waals surface area contributed by atoms with Gasteiger partial charge in [0, 0.05) is 51.3 Å². The fraction of sp³-hybridized carbons (Fsp3) is 0.688. The van der Waals surface area contributed by atoms with E-state index in [1.54, 1.807) is 4.90 Å². The number of amides is 2. The average molecular weight is 339 g/mol. The third-order valence-electron chi connectivity index (χ3n) is 4.18. The Morgan fingerprint density at radius 3 is 2.75 bits per heavy atom. The Hall–Kier alpha value is -1.93. The number of esters is 1. The monoisotopic (exact) mass is 339 g/mol. The van der Waals surface area contributed by atoms with Crippen molar-refractivity contribution in [2.75, 3.05) is 39.3 Å². The van der Waals surface area contributed by atoms with E-state index in [1.165, 1.54) is 0 Å². The van der Waals surface area contributed by atoms with Crippen molar-refractivity contribution in [2.45, 2.75) is 31.9 Å². The molecule has 1 unspecified atom stereocenters. The first-order valence-electron chi connectivity index (χ1n) is 8.39. The van der Waals surface area contributed by atoms with Gasteiger partial charge in [-0.25, -0.2) is 4.79 Å². The van der Waals surface area contributed by atoms with Gasteiger partial charge in [-0.15, -0.1) is 0 Å². The lowest BCUT2D eigenvalue weighted by molar-refractivity contribution is -0.139. The van der Waals surface area contributed by atoms with Crippen molar-refractivity contribution < 1.29 is 24.2 Å². The Kier molecular flexibility index (Phi) is 7.20. The van der Waals surface area contributed by atoms with Crippen molar-refractivity contribution in [1.29, 1.82) is 0 Å². The summed E-state index contributed by atoms with van der Waals surface area (Å²) < 4.78 is 4.99. The van der Waals surface area contributed by atoms with Crippen LogP contribution in [-0.4, -0.2) is 78.2 Å². The summed E-state index contributed by atoms with van der Waals surface area (Å²) in [5.74, 6) is -0.867. The van der Waals surface area contributed by atoms with E-state index in [4.69, 9.17) is 4.74 Å². The highest BCUT2D eigenvalue weighted by atomic mass is 16.5. The lowest BCUT2D eigenvalue weighted by Gasteiger charge is -2.18. The van der Waals surface area contributed by atoms with Gasteiger partial charge in [-0.2, -0.15) is 0 Å². The quantitative estimate of drug-likeness (QED) is 0.445. The molecule has 2 fully saturated rings. The Labute approximate surface area is 141 Å². The first-order chi connectivity index (χ1) is 11.6. The molecule has 134 valence electrons. The summed E-state index contributed by atoms with van der Waals surface area (Å²) in [7, 11) is 0. The zero-order chi connectivity index (χ0) is 17.4. The molecule has 0 aliphatic carbocycles. The van der Waals surface area contributed by atoms with E-state index >= 15 is 0 Å². The Morgan fingerprint density at radius 2 is 2.08 bits per heavy atom. The molecule has 2 amide bonds. The number of ether oxygens (including phenoxy) is 1. The van der Waals surface area contributed by atoms with Crippen LogP contribution in [0.15, 0.2) is 12.2 Å². The van der Waals surface area contributed by atoms with Crippen molar-refractivity contribution >= 4 is 17.8 Å². The highest BCUT2D eigenvalue weighted by molar-refractivity contribution is 5.94. The second-order valence-electron chi connectivity index (χ2n) is 5.94. The summed E-state index contributed by atoms with van der Waals surface area (Å²) >= 11 is 0. The second-order valence-corrected chi connectivity index (χ2v) is 5.94. The van der Waals surface area contributed by atoms with Crippen LogP contribution in [0.5, 0.6) is 0 Å². The summed E-state index contributed by atoms with van der Waals surface area (Å²) in [5, 5.41) is 12.2. The number of likely N-dealkylation sites (tertiary alicyclic amines) is 2. The fourth-order valence-electron chi connectivity index (χ4n) is 2.84. The number of hydrogen-bond donors (Lipinski definition) is 2. The standard InChI is InChI=1S/C16H25N3O5/c20-13(17-7-10-18-8-1-3-14(18)21)5-6-16(23)24-12-11-19-9-2-4-15(19)22/h5-6,15,22H,1-4,7-12H2,(H,17,20)/b6-5-. The fourth-order valence-corrected chi connectivity index (χ4v) is 2.84. The zero-order valence-electron chi connectivity index (χ0n) is 13.8. The number of nitrogens with zero attached hydrogens (tertiary/aromatic N) is 2. The molecule has 2 aliphatic rings. The van der Waals surface area contributed by atoms with E-state index in [9.17, 15) is 19.5 Å². The van der Waals surface area contributed by atoms with Crippen LogP contribution in [-0.2, 0) is 19.1 Å². The average Bonchev–Trinajstić information content (AvgIpc) is 3.14. The number of carbonyl (C=O) groups is 3. The minimum atomic E-state index is -0.589. The van der Waals surface area contributed by atoms with Crippen LogP contribution < -0.4 is 5.32 Å². The predicted octanol–water partition coefficient (Wildman–Crippen LogP) is -0.761. The van der Waals surface area contributed by atoms with Gasteiger partial charge in [-0.3, -0.25) is 14.5 Å². The molecule has 2 heterocycles. The summed E-state index contributed by atoms with van der Waals surface area (Å²) in [6, 6.07) is 0. The largest absolute Gasteiger partial charge is 0.461 e. The first kappa shape index (κ1) is 18.4. The molecule has 8 nitrogen and oxygen atoms in total. The van der Waals surface area contributed by atoms with E-state index in [1.807, 2.05) is 4.90 Å². The summed E-state index contributed by atoms with van der Waals surface area (Å²) in [4.78, 5) is 38.0. The number of hydrogen-bond acceptors (Lipinski definition) is 6. The van der Waals surface area contributed by atoms with Crippen LogP contribution >= 0.6 is 0 Å². The summed E-state index contributed by atoms with van der Waals surface area (Å²) in [5.41, 5.74) is 0. The first-order valence-corrected chi connectivity index (χ1v) is 8.39. The highest BCUT2D eigenvalue weighted by Gasteiger charge is 2.21. The van der Waals surface area contributed by atoms with Crippen LogP contribution in [0.4, 0.5) is 0 Å². The van der Waals surface area contributed by atoms with Gasteiger partial charge in [0.25, 0.3) is 0 Å². The van der Waals surface area contributed by atoms with E-state index in [0.717, 1.165) is 44.5 Å². The minimum absolute atomic E-state index is 0.117. The van der Waals surface area contributed by atoms with Crippen molar-refractivity contribution in [3.63, 3.8) is 0 Å².